The first-order valence-electron chi connectivity index (χ1n) is 12.0. The van der Waals surface area contributed by atoms with E-state index in [0.29, 0.717) is 51.3 Å². The zero-order chi connectivity index (χ0) is 23.5. The summed E-state index contributed by atoms with van der Waals surface area (Å²) in [7, 11) is 1.62. The molecule has 6 nitrogen and oxygen atoms in total. The highest BCUT2D eigenvalue weighted by Gasteiger charge is 2.27. The fraction of sp³-hybridized carbons (Fsp3) is 0.481. The fourth-order valence-electron chi connectivity index (χ4n) is 4.05. The van der Waals surface area contributed by atoms with Crippen LogP contribution in [0.15, 0.2) is 48.5 Å². The highest BCUT2D eigenvalue weighted by Crippen LogP contribution is 2.28. The van der Waals surface area contributed by atoms with Crippen LogP contribution in [0.4, 0.5) is 0 Å². The maximum atomic E-state index is 12.7. The van der Waals surface area contributed by atoms with E-state index in [2.05, 4.69) is 12.2 Å². The first-order valence-corrected chi connectivity index (χ1v) is 12.0. The molecule has 3 rings (SSSR count). The summed E-state index contributed by atoms with van der Waals surface area (Å²) in [5.74, 6) is 1.58. The molecule has 1 aliphatic heterocycles. The minimum absolute atomic E-state index is 0.0497. The van der Waals surface area contributed by atoms with Crippen molar-refractivity contribution in [2.75, 3.05) is 26.8 Å². The van der Waals surface area contributed by atoms with Crippen molar-refractivity contribution in [3.8, 4) is 11.5 Å². The van der Waals surface area contributed by atoms with E-state index >= 15 is 0 Å². The molecule has 0 spiro atoms. The number of carbonyl (C=O) groups is 2. The molecule has 178 valence electrons. The molecular weight excluding hydrogens is 416 g/mol. The SMILES string of the molecule is CCCCOc1ccc(CNC(=O)C2CCN(C(=O)CCc3ccccc3)CC2)cc1OC. The Hall–Kier alpha value is -3.02. The Kier molecular flexibility index (Phi) is 9.60. The third-order valence-corrected chi connectivity index (χ3v) is 6.14. The van der Waals surface area contributed by atoms with Crippen LogP contribution >= 0.6 is 0 Å². The number of piperidine rings is 1. The number of nitrogens with zero attached hydrogens (tertiary/aromatic N) is 1. The number of nitrogens with one attached hydrogen (secondary N) is 1. The molecule has 2 aromatic rings. The molecule has 2 amide bonds. The van der Waals surface area contributed by atoms with E-state index in [9.17, 15) is 9.59 Å². The third-order valence-electron chi connectivity index (χ3n) is 6.14. The van der Waals surface area contributed by atoms with Gasteiger partial charge in [-0.3, -0.25) is 9.59 Å². The quantitative estimate of drug-likeness (QED) is 0.515. The lowest BCUT2D eigenvalue weighted by molar-refractivity contribution is -0.135. The van der Waals surface area contributed by atoms with Gasteiger partial charge in [0.05, 0.1) is 13.7 Å². The van der Waals surface area contributed by atoms with E-state index in [0.717, 1.165) is 30.6 Å². The maximum absolute atomic E-state index is 12.7. The molecule has 2 aromatic carbocycles. The zero-order valence-corrected chi connectivity index (χ0v) is 19.8. The van der Waals surface area contributed by atoms with Crippen molar-refractivity contribution in [2.45, 2.75) is 52.0 Å². The Balaban J connectivity index is 1.41. The minimum Gasteiger partial charge on any atom is -0.493 e. The predicted octanol–water partition coefficient (Wildman–Crippen LogP) is 4.36. The summed E-state index contributed by atoms with van der Waals surface area (Å²) in [4.78, 5) is 27.1. The summed E-state index contributed by atoms with van der Waals surface area (Å²) < 4.78 is 11.2. The van der Waals surface area contributed by atoms with Crippen molar-refractivity contribution in [1.82, 2.24) is 10.2 Å². The van der Waals surface area contributed by atoms with E-state index < -0.39 is 0 Å². The Morgan fingerprint density at radius 1 is 1.03 bits per heavy atom. The lowest BCUT2D eigenvalue weighted by Crippen LogP contribution is -2.43. The molecule has 1 aliphatic rings. The van der Waals surface area contributed by atoms with Gasteiger partial charge >= 0.3 is 0 Å². The highest BCUT2D eigenvalue weighted by atomic mass is 16.5. The van der Waals surface area contributed by atoms with Gasteiger partial charge in [-0.2, -0.15) is 0 Å². The molecule has 0 radical (unpaired) electrons. The number of likely N-dealkylation sites (tertiary alicyclic amines) is 1. The van der Waals surface area contributed by atoms with E-state index in [1.807, 2.05) is 53.4 Å². The number of hydrogen-bond acceptors (Lipinski definition) is 4. The molecule has 0 aliphatic carbocycles. The number of rotatable bonds is 11. The number of methoxy groups -OCH3 is 1. The highest BCUT2D eigenvalue weighted by molar-refractivity contribution is 5.80. The Morgan fingerprint density at radius 3 is 2.48 bits per heavy atom. The van der Waals surface area contributed by atoms with Gasteiger partial charge in [-0.1, -0.05) is 49.7 Å². The lowest BCUT2D eigenvalue weighted by Gasteiger charge is -2.31. The summed E-state index contributed by atoms with van der Waals surface area (Å²) in [6.45, 7) is 4.52. The van der Waals surface area contributed by atoms with Gasteiger partial charge in [0.15, 0.2) is 11.5 Å². The van der Waals surface area contributed by atoms with E-state index in [4.69, 9.17) is 9.47 Å². The predicted molar refractivity (Wildman–Crippen MR) is 129 cm³/mol. The second-order valence-electron chi connectivity index (χ2n) is 8.55. The van der Waals surface area contributed by atoms with E-state index in [-0.39, 0.29) is 17.7 Å². The van der Waals surface area contributed by atoms with Gasteiger partial charge < -0.3 is 19.7 Å². The molecule has 0 aromatic heterocycles. The summed E-state index contributed by atoms with van der Waals surface area (Å²) in [6, 6.07) is 15.8. The average molecular weight is 453 g/mol. The lowest BCUT2D eigenvalue weighted by atomic mass is 9.95. The van der Waals surface area contributed by atoms with Gasteiger partial charge in [-0.15, -0.1) is 0 Å². The number of ether oxygens (including phenoxy) is 2. The molecule has 1 fully saturated rings. The normalized spacial score (nSPS) is 14.1. The van der Waals surface area contributed by atoms with Crippen molar-refractivity contribution in [2.24, 2.45) is 5.92 Å². The Morgan fingerprint density at radius 2 is 1.79 bits per heavy atom. The smallest absolute Gasteiger partial charge is 0.223 e. The van der Waals surface area contributed by atoms with Crippen LogP contribution in [0.1, 0.15) is 50.2 Å². The van der Waals surface area contributed by atoms with Crippen molar-refractivity contribution < 1.29 is 19.1 Å². The molecule has 0 saturated carbocycles. The monoisotopic (exact) mass is 452 g/mol. The van der Waals surface area contributed by atoms with Gasteiger partial charge in [-0.25, -0.2) is 0 Å². The van der Waals surface area contributed by atoms with Crippen LogP contribution in [-0.4, -0.2) is 43.5 Å². The summed E-state index contributed by atoms with van der Waals surface area (Å²) in [5.41, 5.74) is 2.15. The van der Waals surface area contributed by atoms with Crippen LogP contribution in [0.5, 0.6) is 11.5 Å². The molecule has 33 heavy (non-hydrogen) atoms. The number of benzene rings is 2. The first-order chi connectivity index (χ1) is 16.1. The second-order valence-corrected chi connectivity index (χ2v) is 8.55. The molecule has 1 saturated heterocycles. The number of hydrogen-bond donors (Lipinski definition) is 1. The van der Waals surface area contributed by atoms with Crippen molar-refractivity contribution in [1.29, 1.82) is 0 Å². The van der Waals surface area contributed by atoms with Crippen molar-refractivity contribution >= 4 is 11.8 Å². The topological polar surface area (TPSA) is 67.9 Å². The summed E-state index contributed by atoms with van der Waals surface area (Å²) >= 11 is 0. The number of carbonyl (C=O) groups excluding carboxylic acids is 2. The molecule has 6 heteroatoms. The maximum Gasteiger partial charge on any atom is 0.223 e. The van der Waals surface area contributed by atoms with Gasteiger partial charge in [0, 0.05) is 32.0 Å². The van der Waals surface area contributed by atoms with Crippen molar-refractivity contribution in [3.63, 3.8) is 0 Å². The van der Waals surface area contributed by atoms with Gasteiger partial charge in [-0.05, 0) is 48.9 Å². The molecule has 0 unspecified atom stereocenters. The fourth-order valence-corrected chi connectivity index (χ4v) is 4.05. The van der Waals surface area contributed by atoms with Crippen molar-refractivity contribution in [3.05, 3.63) is 59.7 Å². The number of amides is 2. The summed E-state index contributed by atoms with van der Waals surface area (Å²) in [6.07, 6.45) is 4.76. The number of aryl methyl sites for hydroxylation is 1. The second kappa shape index (κ2) is 12.9. The third kappa shape index (κ3) is 7.52. The van der Waals surface area contributed by atoms with Gasteiger partial charge in [0.25, 0.3) is 0 Å². The standard InChI is InChI=1S/C27H36N2O4/c1-3-4-18-33-24-12-10-22(19-25(24)32-2)20-28-27(31)23-14-16-29(17-15-23)26(30)13-11-21-8-6-5-7-9-21/h5-10,12,19,23H,3-4,11,13-18,20H2,1-2H3,(H,28,31). The first kappa shape index (κ1) is 24.6. The largest absolute Gasteiger partial charge is 0.493 e. The Bertz CT molecular complexity index is 892. The van der Waals surface area contributed by atoms with E-state index in [1.165, 1.54) is 5.56 Å². The van der Waals surface area contributed by atoms with Crippen LogP contribution in [-0.2, 0) is 22.6 Å². The van der Waals surface area contributed by atoms with E-state index in [1.54, 1.807) is 7.11 Å². The molecule has 1 N–H and O–H groups in total. The molecule has 0 atom stereocenters. The summed E-state index contributed by atoms with van der Waals surface area (Å²) in [5, 5.41) is 3.04. The van der Waals surface area contributed by atoms with Crippen LogP contribution in [0.2, 0.25) is 0 Å². The average Bonchev–Trinajstić information content (AvgIpc) is 2.87. The van der Waals surface area contributed by atoms with Gasteiger partial charge in [0.1, 0.15) is 0 Å². The number of unbranched alkanes of at least 4 members (excludes halogenated alkanes) is 1. The van der Waals surface area contributed by atoms with Gasteiger partial charge in [0.2, 0.25) is 11.8 Å². The minimum atomic E-state index is -0.0540. The molecule has 1 heterocycles. The van der Waals surface area contributed by atoms with Crippen LogP contribution < -0.4 is 14.8 Å². The van der Waals surface area contributed by atoms with Crippen LogP contribution in [0.25, 0.3) is 0 Å². The van der Waals surface area contributed by atoms with Crippen LogP contribution in [0.3, 0.4) is 0 Å². The zero-order valence-electron chi connectivity index (χ0n) is 19.8. The van der Waals surface area contributed by atoms with Crippen LogP contribution in [0, 0.1) is 5.92 Å². The molecule has 0 bridgehead atoms. The Labute approximate surface area is 197 Å². The molecular formula is C27H36N2O4.